The normalized spacial score (nSPS) is 10.4. The molecule has 6 heteroatoms. The van der Waals surface area contributed by atoms with Crippen LogP contribution in [-0.2, 0) is 4.79 Å². The number of amides is 1. The molecule has 0 bridgehead atoms. The molecule has 1 amide bonds. The maximum atomic E-state index is 12.1. The first-order valence-electron chi connectivity index (χ1n) is 8.86. The summed E-state index contributed by atoms with van der Waals surface area (Å²) in [5.41, 5.74) is 3.52. The molecule has 2 N–H and O–H groups in total. The van der Waals surface area contributed by atoms with E-state index in [0.717, 1.165) is 16.9 Å². The maximum absolute atomic E-state index is 12.1. The third kappa shape index (κ3) is 4.24. The van der Waals surface area contributed by atoms with Gasteiger partial charge < -0.3 is 10.1 Å². The van der Waals surface area contributed by atoms with E-state index in [1.807, 2.05) is 90.0 Å². The number of hydrogen-bond acceptors (Lipinski definition) is 3. The van der Waals surface area contributed by atoms with Crippen LogP contribution in [0.1, 0.15) is 0 Å². The molecule has 0 saturated heterocycles. The van der Waals surface area contributed by atoms with Gasteiger partial charge in [0.25, 0.3) is 5.91 Å². The Morgan fingerprint density at radius 2 is 1.86 bits per heavy atom. The molecule has 0 aliphatic rings. The average Bonchev–Trinajstić information content (AvgIpc) is 3.29. The van der Waals surface area contributed by atoms with Crippen molar-refractivity contribution in [1.29, 1.82) is 0 Å². The first kappa shape index (κ1) is 17.5. The van der Waals surface area contributed by atoms with Crippen LogP contribution in [0.3, 0.4) is 0 Å². The van der Waals surface area contributed by atoms with Gasteiger partial charge in [-0.1, -0.05) is 30.3 Å². The van der Waals surface area contributed by atoms with Gasteiger partial charge in [-0.3, -0.25) is 9.78 Å². The third-order valence-electron chi connectivity index (χ3n) is 4.17. The minimum absolute atomic E-state index is 0.0723. The van der Waals surface area contributed by atoms with E-state index in [4.69, 9.17) is 4.74 Å². The quantitative estimate of drug-likeness (QED) is 0.511. The lowest BCUT2D eigenvalue weighted by Crippen LogP contribution is -2.26. The number of hydrogen-bond donors (Lipinski definition) is 2. The van der Waals surface area contributed by atoms with Crippen molar-refractivity contribution in [2.75, 3.05) is 11.9 Å². The molecular weight excluding hydrogens is 352 g/mol. The van der Waals surface area contributed by atoms with Gasteiger partial charge in [-0.2, -0.15) is 0 Å². The van der Waals surface area contributed by atoms with Gasteiger partial charge in [0.1, 0.15) is 23.8 Å². The van der Waals surface area contributed by atoms with E-state index in [1.165, 1.54) is 0 Å². The van der Waals surface area contributed by atoms with Crippen molar-refractivity contribution in [2.45, 2.75) is 0 Å². The molecule has 0 saturated carbocycles. The molecule has 4 aromatic rings. The molecule has 2 aromatic heterocycles. The summed E-state index contributed by atoms with van der Waals surface area (Å²) in [5, 5.41) is 2.79. The predicted molar refractivity (Wildman–Crippen MR) is 106 cm³/mol. The number of carbonyl (C=O) groups excluding carboxylic acids is 1. The van der Waals surface area contributed by atoms with Crippen LogP contribution in [0, 0.1) is 0 Å². The van der Waals surface area contributed by atoms with E-state index in [0.29, 0.717) is 11.4 Å². The predicted octanol–water partition coefficient (Wildman–Crippen LogP) is 3.37. The first-order valence-corrected chi connectivity index (χ1v) is 8.86. The maximum Gasteiger partial charge on any atom is 0.262 e. The number of nitrogens with one attached hydrogen (secondary N) is 2. The van der Waals surface area contributed by atoms with Crippen LogP contribution in [-0.4, -0.2) is 22.5 Å². The fourth-order valence-corrected chi connectivity index (χ4v) is 2.76. The number of pyridine rings is 1. The van der Waals surface area contributed by atoms with Gasteiger partial charge in [0.05, 0.1) is 17.6 Å². The van der Waals surface area contributed by atoms with Crippen molar-refractivity contribution in [3.63, 3.8) is 0 Å². The molecular formula is C22H19N4O2+. The van der Waals surface area contributed by atoms with E-state index in [-0.39, 0.29) is 12.5 Å². The van der Waals surface area contributed by atoms with E-state index in [9.17, 15) is 4.79 Å². The SMILES string of the molecule is O=C(COc1ccc(-[n+]2cc[nH]c2)cc1)Nc1ccc(-c2ccccc2)nc1. The second-order valence-electron chi connectivity index (χ2n) is 6.15. The highest BCUT2D eigenvalue weighted by molar-refractivity contribution is 5.91. The molecule has 138 valence electrons. The number of carbonyl (C=O) groups is 1. The zero-order valence-corrected chi connectivity index (χ0v) is 15.1. The molecule has 0 spiro atoms. The standard InChI is InChI=1S/C22H18N4O2/c27-22(15-28-20-9-7-19(8-10-20)26-13-12-23-16-26)25-18-6-11-21(24-14-18)17-4-2-1-3-5-17/h1-14,16H,15H2,(H,25,27)/p+1. The Bertz CT molecular complexity index is 1030. The number of nitrogens with zero attached hydrogens (tertiary/aromatic N) is 2. The Hall–Kier alpha value is -3.93. The van der Waals surface area contributed by atoms with Crippen molar-refractivity contribution in [3.05, 3.63) is 91.6 Å². The lowest BCUT2D eigenvalue weighted by molar-refractivity contribution is -0.594. The fourth-order valence-electron chi connectivity index (χ4n) is 2.76. The number of ether oxygens (including phenoxy) is 1. The largest absolute Gasteiger partial charge is 0.484 e. The molecule has 0 aliphatic carbocycles. The molecule has 6 nitrogen and oxygen atoms in total. The molecule has 0 unspecified atom stereocenters. The zero-order chi connectivity index (χ0) is 19.2. The summed E-state index contributed by atoms with van der Waals surface area (Å²) in [5.74, 6) is 0.394. The van der Waals surface area contributed by atoms with Crippen LogP contribution < -0.4 is 14.6 Å². The van der Waals surface area contributed by atoms with Gasteiger partial charge in [-0.25, -0.2) is 9.55 Å². The molecule has 0 fully saturated rings. The van der Waals surface area contributed by atoms with Gasteiger partial charge in [-0.05, 0) is 36.4 Å². The van der Waals surface area contributed by atoms with Crippen LogP contribution in [0.25, 0.3) is 16.9 Å². The molecule has 0 radical (unpaired) electrons. The summed E-state index contributed by atoms with van der Waals surface area (Å²) in [7, 11) is 0. The van der Waals surface area contributed by atoms with Crippen LogP contribution >= 0.6 is 0 Å². The van der Waals surface area contributed by atoms with Gasteiger partial charge in [0, 0.05) is 5.56 Å². The Kier molecular flexibility index (Phi) is 5.11. The Balaban J connectivity index is 1.31. The number of aromatic amines is 1. The van der Waals surface area contributed by atoms with Crippen molar-refractivity contribution in [3.8, 4) is 22.7 Å². The highest BCUT2D eigenvalue weighted by Gasteiger charge is 2.07. The van der Waals surface area contributed by atoms with Gasteiger partial charge in [-0.15, -0.1) is 0 Å². The first-order chi connectivity index (χ1) is 13.8. The van der Waals surface area contributed by atoms with Crippen LogP contribution in [0.4, 0.5) is 5.69 Å². The van der Waals surface area contributed by atoms with Crippen molar-refractivity contribution in [2.24, 2.45) is 0 Å². The average molecular weight is 371 g/mol. The smallest absolute Gasteiger partial charge is 0.262 e. The number of aromatic nitrogens is 3. The van der Waals surface area contributed by atoms with E-state index < -0.39 is 0 Å². The lowest BCUT2D eigenvalue weighted by Gasteiger charge is -2.08. The van der Waals surface area contributed by atoms with Crippen molar-refractivity contribution >= 4 is 11.6 Å². The van der Waals surface area contributed by atoms with E-state index in [1.54, 1.807) is 6.20 Å². The number of benzene rings is 2. The number of imidazole rings is 1. The Morgan fingerprint density at radius 1 is 1.04 bits per heavy atom. The van der Waals surface area contributed by atoms with Crippen LogP contribution in [0.5, 0.6) is 5.75 Å². The summed E-state index contributed by atoms with van der Waals surface area (Å²) in [6.45, 7) is -0.0723. The number of rotatable bonds is 6. The van der Waals surface area contributed by atoms with Crippen molar-refractivity contribution in [1.82, 2.24) is 9.97 Å². The second-order valence-corrected chi connectivity index (χ2v) is 6.15. The summed E-state index contributed by atoms with van der Waals surface area (Å²) in [4.78, 5) is 19.5. The number of anilines is 1. The molecule has 0 aliphatic heterocycles. The molecule has 2 aromatic carbocycles. The summed E-state index contributed by atoms with van der Waals surface area (Å²) in [6, 6.07) is 21.1. The summed E-state index contributed by atoms with van der Waals surface area (Å²) < 4.78 is 7.50. The Labute approximate surface area is 162 Å². The van der Waals surface area contributed by atoms with E-state index in [2.05, 4.69) is 15.3 Å². The lowest BCUT2D eigenvalue weighted by atomic mass is 10.1. The monoisotopic (exact) mass is 371 g/mol. The highest BCUT2D eigenvalue weighted by atomic mass is 16.5. The molecule has 2 heterocycles. The minimum Gasteiger partial charge on any atom is -0.484 e. The zero-order valence-electron chi connectivity index (χ0n) is 15.1. The summed E-state index contributed by atoms with van der Waals surface area (Å²) in [6.07, 6.45) is 7.25. The molecule has 4 rings (SSSR count). The van der Waals surface area contributed by atoms with E-state index >= 15 is 0 Å². The highest BCUT2D eigenvalue weighted by Crippen LogP contribution is 2.18. The van der Waals surface area contributed by atoms with Gasteiger partial charge >= 0.3 is 0 Å². The summed E-state index contributed by atoms with van der Waals surface area (Å²) >= 11 is 0. The van der Waals surface area contributed by atoms with Crippen LogP contribution in [0.2, 0.25) is 0 Å². The molecule has 28 heavy (non-hydrogen) atoms. The number of H-pyrrole nitrogens is 1. The minimum atomic E-state index is -0.238. The van der Waals surface area contributed by atoms with Gasteiger partial charge in [0.2, 0.25) is 6.33 Å². The topological polar surface area (TPSA) is 70.9 Å². The Morgan fingerprint density at radius 3 is 2.54 bits per heavy atom. The van der Waals surface area contributed by atoms with Crippen LogP contribution in [0.15, 0.2) is 91.6 Å². The molecule has 0 atom stereocenters. The third-order valence-corrected chi connectivity index (χ3v) is 4.17. The second kappa shape index (κ2) is 8.18. The van der Waals surface area contributed by atoms with Crippen molar-refractivity contribution < 1.29 is 14.1 Å². The van der Waals surface area contributed by atoms with Gasteiger partial charge in [0.15, 0.2) is 6.61 Å². The fraction of sp³-hybridized carbons (Fsp3) is 0.0455.